The number of carbonyl (C=O) groups is 1. The molecule has 110 valence electrons. The predicted octanol–water partition coefficient (Wildman–Crippen LogP) is 2.51. The summed E-state index contributed by atoms with van der Waals surface area (Å²) in [6, 6.07) is 19.9. The van der Waals surface area contributed by atoms with Gasteiger partial charge in [0.2, 0.25) is 5.91 Å². The second-order valence-electron chi connectivity index (χ2n) is 5.02. The molecule has 2 aromatic carbocycles. The molecule has 0 spiro atoms. The first-order chi connectivity index (χ1) is 10.3. The molecule has 0 radical (unpaired) electrons. The van der Waals surface area contributed by atoms with E-state index in [1.807, 2.05) is 60.7 Å². The van der Waals surface area contributed by atoms with Gasteiger partial charge in [-0.3, -0.25) is 4.79 Å². The third-order valence-corrected chi connectivity index (χ3v) is 3.44. The monoisotopic (exact) mass is 283 g/mol. The maximum atomic E-state index is 12.4. The fourth-order valence-electron chi connectivity index (χ4n) is 2.31. The van der Waals surface area contributed by atoms with Gasteiger partial charge in [0.1, 0.15) is 0 Å². The van der Waals surface area contributed by atoms with E-state index in [0.717, 1.165) is 11.1 Å². The highest BCUT2D eigenvalue weighted by Gasteiger charge is 2.20. The van der Waals surface area contributed by atoms with Crippen molar-refractivity contribution in [2.75, 3.05) is 13.2 Å². The molecule has 2 rings (SSSR count). The predicted molar refractivity (Wildman–Crippen MR) is 84.0 cm³/mol. The van der Waals surface area contributed by atoms with E-state index in [4.69, 9.17) is 5.11 Å². The molecule has 1 atom stereocenters. The van der Waals surface area contributed by atoms with Crippen molar-refractivity contribution in [2.45, 2.75) is 18.8 Å². The summed E-state index contributed by atoms with van der Waals surface area (Å²) in [5.41, 5.74) is 2.16. The zero-order chi connectivity index (χ0) is 14.9. The number of carbonyl (C=O) groups excluding carboxylic acids is 1. The molecule has 0 bridgehead atoms. The summed E-state index contributed by atoms with van der Waals surface area (Å²) < 4.78 is 0. The van der Waals surface area contributed by atoms with Gasteiger partial charge in [0.05, 0.1) is 5.92 Å². The van der Waals surface area contributed by atoms with Crippen molar-refractivity contribution in [1.29, 1.82) is 0 Å². The van der Waals surface area contributed by atoms with Crippen LogP contribution >= 0.6 is 0 Å². The Morgan fingerprint density at radius 1 is 1.00 bits per heavy atom. The highest BCUT2D eigenvalue weighted by Crippen LogP contribution is 2.21. The smallest absolute Gasteiger partial charge is 0.227 e. The average Bonchev–Trinajstić information content (AvgIpc) is 2.54. The molecule has 0 aliphatic rings. The number of amides is 1. The second kappa shape index (κ2) is 8.22. The molecule has 3 nitrogen and oxygen atoms in total. The molecule has 2 N–H and O–H groups in total. The molecule has 3 heteroatoms. The molecule has 0 aliphatic heterocycles. The van der Waals surface area contributed by atoms with Crippen LogP contribution in [-0.4, -0.2) is 24.2 Å². The number of hydrogen-bond acceptors (Lipinski definition) is 2. The van der Waals surface area contributed by atoms with Crippen molar-refractivity contribution >= 4 is 5.91 Å². The third kappa shape index (κ3) is 4.72. The van der Waals surface area contributed by atoms with Crippen LogP contribution < -0.4 is 5.32 Å². The number of aliphatic hydroxyl groups is 1. The van der Waals surface area contributed by atoms with E-state index in [1.54, 1.807) is 0 Å². The molecule has 0 saturated heterocycles. The van der Waals surface area contributed by atoms with Crippen LogP contribution in [0.3, 0.4) is 0 Å². The van der Waals surface area contributed by atoms with Crippen molar-refractivity contribution in [1.82, 2.24) is 5.32 Å². The number of nitrogens with one attached hydrogen (secondary N) is 1. The zero-order valence-electron chi connectivity index (χ0n) is 12.0. The Hall–Kier alpha value is -2.13. The van der Waals surface area contributed by atoms with Crippen LogP contribution in [0.15, 0.2) is 60.7 Å². The van der Waals surface area contributed by atoms with Gasteiger partial charge in [0, 0.05) is 13.2 Å². The van der Waals surface area contributed by atoms with Gasteiger partial charge < -0.3 is 10.4 Å². The number of benzene rings is 2. The molecule has 0 aromatic heterocycles. The van der Waals surface area contributed by atoms with Gasteiger partial charge in [0.15, 0.2) is 0 Å². The Bertz CT molecular complexity index is 540. The summed E-state index contributed by atoms with van der Waals surface area (Å²) in [6.07, 6.45) is 1.26. The van der Waals surface area contributed by atoms with Crippen molar-refractivity contribution < 1.29 is 9.90 Å². The molecule has 0 saturated carbocycles. The zero-order valence-corrected chi connectivity index (χ0v) is 12.0. The molecule has 1 amide bonds. The second-order valence-corrected chi connectivity index (χ2v) is 5.02. The van der Waals surface area contributed by atoms with Gasteiger partial charge in [-0.1, -0.05) is 60.7 Å². The van der Waals surface area contributed by atoms with E-state index in [1.165, 1.54) is 0 Å². The van der Waals surface area contributed by atoms with Gasteiger partial charge in [-0.2, -0.15) is 0 Å². The summed E-state index contributed by atoms with van der Waals surface area (Å²) in [4.78, 5) is 12.4. The molecule has 0 heterocycles. The van der Waals surface area contributed by atoms with Gasteiger partial charge >= 0.3 is 0 Å². The summed E-state index contributed by atoms with van der Waals surface area (Å²) in [7, 11) is 0. The van der Waals surface area contributed by atoms with Gasteiger partial charge in [-0.05, 0) is 24.0 Å². The fraction of sp³-hybridized carbons (Fsp3) is 0.278. The van der Waals surface area contributed by atoms with Crippen LogP contribution in [0.4, 0.5) is 0 Å². The van der Waals surface area contributed by atoms with Gasteiger partial charge in [0.25, 0.3) is 0 Å². The van der Waals surface area contributed by atoms with Crippen molar-refractivity contribution in [3.8, 4) is 0 Å². The average molecular weight is 283 g/mol. The molecule has 1 unspecified atom stereocenters. The molecular weight excluding hydrogens is 262 g/mol. The van der Waals surface area contributed by atoms with Crippen LogP contribution in [-0.2, 0) is 11.2 Å². The van der Waals surface area contributed by atoms with Crippen molar-refractivity contribution in [2.24, 2.45) is 0 Å². The first-order valence-electron chi connectivity index (χ1n) is 7.28. The van der Waals surface area contributed by atoms with Crippen LogP contribution in [0.2, 0.25) is 0 Å². The van der Waals surface area contributed by atoms with E-state index in [9.17, 15) is 4.79 Å². The van der Waals surface area contributed by atoms with Crippen molar-refractivity contribution in [3.05, 3.63) is 71.8 Å². The number of aliphatic hydroxyl groups excluding tert-OH is 1. The fourth-order valence-corrected chi connectivity index (χ4v) is 2.31. The van der Waals surface area contributed by atoms with Crippen molar-refractivity contribution in [3.63, 3.8) is 0 Å². The van der Waals surface area contributed by atoms with E-state index in [2.05, 4.69) is 5.32 Å². The lowest BCUT2D eigenvalue weighted by Gasteiger charge is -2.17. The van der Waals surface area contributed by atoms with Gasteiger partial charge in [-0.15, -0.1) is 0 Å². The first kappa shape index (κ1) is 15.3. The summed E-state index contributed by atoms with van der Waals surface area (Å²) in [6.45, 7) is 0.600. The number of rotatable bonds is 7. The normalized spacial score (nSPS) is 11.9. The minimum absolute atomic E-state index is 0.0125. The Kier molecular flexibility index (Phi) is 5.98. The quantitative estimate of drug-likeness (QED) is 0.767. The lowest BCUT2D eigenvalue weighted by molar-refractivity contribution is -0.122. The Morgan fingerprint density at radius 2 is 1.62 bits per heavy atom. The molecule has 21 heavy (non-hydrogen) atoms. The summed E-state index contributed by atoms with van der Waals surface area (Å²) >= 11 is 0. The lowest BCUT2D eigenvalue weighted by Crippen LogP contribution is -2.31. The lowest BCUT2D eigenvalue weighted by atomic mass is 9.91. The third-order valence-electron chi connectivity index (χ3n) is 3.44. The van der Waals surface area contributed by atoms with E-state index < -0.39 is 0 Å². The summed E-state index contributed by atoms with van der Waals surface area (Å²) in [5, 5.41) is 11.7. The molecular formula is C18H21NO2. The summed E-state index contributed by atoms with van der Waals surface area (Å²) in [5.74, 6) is -0.189. The SMILES string of the molecule is O=C(NCCCO)C(Cc1ccccc1)c1ccccc1. The first-order valence-corrected chi connectivity index (χ1v) is 7.28. The standard InChI is InChI=1S/C18H21NO2/c20-13-7-12-19-18(21)17(16-10-5-2-6-11-16)14-15-8-3-1-4-9-15/h1-6,8-11,17,20H,7,12-14H2,(H,19,21). The van der Waals surface area contributed by atoms with Crippen LogP contribution in [0.5, 0.6) is 0 Å². The maximum Gasteiger partial charge on any atom is 0.227 e. The largest absolute Gasteiger partial charge is 0.396 e. The molecule has 2 aromatic rings. The molecule has 0 aliphatic carbocycles. The Morgan fingerprint density at radius 3 is 2.24 bits per heavy atom. The topological polar surface area (TPSA) is 49.3 Å². The molecule has 0 fully saturated rings. The maximum absolute atomic E-state index is 12.4. The van der Waals surface area contributed by atoms with Crippen LogP contribution in [0.25, 0.3) is 0 Å². The minimum Gasteiger partial charge on any atom is -0.396 e. The van der Waals surface area contributed by atoms with E-state index >= 15 is 0 Å². The minimum atomic E-state index is -0.202. The van der Waals surface area contributed by atoms with E-state index in [-0.39, 0.29) is 18.4 Å². The number of hydrogen-bond donors (Lipinski definition) is 2. The van der Waals surface area contributed by atoms with Crippen LogP contribution in [0, 0.1) is 0 Å². The highest BCUT2D eigenvalue weighted by atomic mass is 16.3. The van der Waals surface area contributed by atoms with Crippen LogP contribution in [0.1, 0.15) is 23.5 Å². The highest BCUT2D eigenvalue weighted by molar-refractivity contribution is 5.84. The Labute approximate surface area is 125 Å². The van der Waals surface area contributed by atoms with E-state index in [0.29, 0.717) is 19.4 Å². The Balaban J connectivity index is 2.12. The van der Waals surface area contributed by atoms with Gasteiger partial charge in [-0.25, -0.2) is 0 Å².